The summed E-state index contributed by atoms with van der Waals surface area (Å²) in [4.78, 5) is 37.5. The van der Waals surface area contributed by atoms with E-state index in [2.05, 4.69) is 15.7 Å². The van der Waals surface area contributed by atoms with Gasteiger partial charge in [-0.05, 0) is 42.8 Å². The number of hydrogen-bond acceptors (Lipinski definition) is 4. The van der Waals surface area contributed by atoms with Crippen molar-refractivity contribution in [1.82, 2.24) is 15.1 Å². The molecule has 1 aromatic heterocycles. The van der Waals surface area contributed by atoms with Crippen molar-refractivity contribution >= 4 is 28.3 Å². The number of carbonyl (C=O) groups is 2. The monoisotopic (exact) mass is 426 g/mol. The highest BCUT2D eigenvalue weighted by atomic mass is 16.2. The molecule has 0 aliphatic carbocycles. The van der Waals surface area contributed by atoms with Gasteiger partial charge in [0.15, 0.2) is 0 Å². The molecule has 1 heterocycles. The zero-order chi connectivity index (χ0) is 22.5. The minimum atomic E-state index is -0.332. The van der Waals surface area contributed by atoms with Gasteiger partial charge in [-0.15, -0.1) is 0 Å². The van der Waals surface area contributed by atoms with Gasteiger partial charge in [0.25, 0.3) is 11.5 Å². The Hall–Kier alpha value is -4.26. The molecule has 0 spiro atoms. The molecule has 1 atom stereocenters. The summed E-state index contributed by atoms with van der Waals surface area (Å²) >= 11 is 0. The van der Waals surface area contributed by atoms with E-state index in [1.54, 1.807) is 54.7 Å². The molecule has 0 radical (unpaired) electrons. The van der Waals surface area contributed by atoms with Crippen molar-refractivity contribution in [2.24, 2.45) is 0 Å². The number of nitrogens with one attached hydrogen (secondary N) is 2. The maximum absolute atomic E-state index is 12.6. The highest BCUT2D eigenvalue weighted by Gasteiger charge is 2.13. The smallest absolute Gasteiger partial charge is 0.275 e. The minimum absolute atomic E-state index is 0.182. The van der Waals surface area contributed by atoms with Gasteiger partial charge in [-0.3, -0.25) is 14.4 Å². The summed E-state index contributed by atoms with van der Waals surface area (Å²) < 4.78 is 1.15. The summed E-state index contributed by atoms with van der Waals surface area (Å²) in [6.45, 7) is 1.66. The second-order valence-corrected chi connectivity index (χ2v) is 7.43. The zero-order valence-corrected chi connectivity index (χ0v) is 17.5. The van der Waals surface area contributed by atoms with Crippen molar-refractivity contribution < 1.29 is 9.59 Å². The third-order valence-corrected chi connectivity index (χ3v) is 5.11. The summed E-state index contributed by atoms with van der Waals surface area (Å²) in [6, 6.07) is 23.0. The van der Waals surface area contributed by atoms with Gasteiger partial charge in [0.2, 0.25) is 5.91 Å². The van der Waals surface area contributed by atoms with Crippen LogP contribution in [0.5, 0.6) is 0 Å². The number of carbonyl (C=O) groups excluding carboxylic acids is 2. The molecule has 0 saturated heterocycles. The van der Waals surface area contributed by atoms with Crippen LogP contribution in [0.25, 0.3) is 10.8 Å². The highest BCUT2D eigenvalue weighted by molar-refractivity contribution is 6.04. The highest BCUT2D eigenvalue weighted by Crippen LogP contribution is 2.18. The second kappa shape index (κ2) is 9.26. The van der Waals surface area contributed by atoms with Gasteiger partial charge >= 0.3 is 0 Å². The molecule has 4 rings (SSSR count). The molecule has 0 aliphatic rings. The Morgan fingerprint density at radius 3 is 2.53 bits per heavy atom. The van der Waals surface area contributed by atoms with Gasteiger partial charge < -0.3 is 10.6 Å². The number of anilines is 1. The number of benzene rings is 3. The van der Waals surface area contributed by atoms with Gasteiger partial charge in [-0.2, -0.15) is 5.10 Å². The first-order valence-electron chi connectivity index (χ1n) is 10.2. The number of rotatable bonds is 6. The SMILES string of the molecule is C[C@H](NC(=O)Cn1ncc2ccccc2c1=O)c1cccc(NC(=O)c2ccccc2)c1. The van der Waals surface area contributed by atoms with Crippen molar-refractivity contribution in [3.05, 3.63) is 107 Å². The lowest BCUT2D eigenvalue weighted by atomic mass is 10.1. The van der Waals surface area contributed by atoms with Crippen LogP contribution in [0.15, 0.2) is 89.9 Å². The maximum Gasteiger partial charge on any atom is 0.275 e. The summed E-state index contributed by atoms with van der Waals surface area (Å²) in [7, 11) is 0. The van der Waals surface area contributed by atoms with Crippen LogP contribution < -0.4 is 16.2 Å². The molecule has 0 aliphatic heterocycles. The van der Waals surface area contributed by atoms with Gasteiger partial charge in [-0.25, -0.2) is 4.68 Å². The third-order valence-electron chi connectivity index (χ3n) is 5.11. The molecular weight excluding hydrogens is 404 g/mol. The van der Waals surface area contributed by atoms with Gasteiger partial charge in [0.05, 0.1) is 17.6 Å². The average molecular weight is 426 g/mol. The molecule has 32 heavy (non-hydrogen) atoms. The predicted molar refractivity (Wildman–Crippen MR) is 123 cm³/mol. The lowest BCUT2D eigenvalue weighted by Crippen LogP contribution is -2.35. The van der Waals surface area contributed by atoms with E-state index in [1.807, 2.05) is 37.3 Å². The molecule has 4 aromatic rings. The lowest BCUT2D eigenvalue weighted by Gasteiger charge is -2.16. The topological polar surface area (TPSA) is 93.1 Å². The summed E-state index contributed by atoms with van der Waals surface area (Å²) in [6.07, 6.45) is 1.58. The van der Waals surface area contributed by atoms with Crippen LogP contribution in [0, 0.1) is 0 Å². The second-order valence-electron chi connectivity index (χ2n) is 7.43. The van der Waals surface area contributed by atoms with E-state index < -0.39 is 0 Å². The van der Waals surface area contributed by atoms with Crippen LogP contribution in [-0.2, 0) is 11.3 Å². The van der Waals surface area contributed by atoms with Crippen LogP contribution >= 0.6 is 0 Å². The lowest BCUT2D eigenvalue weighted by molar-refractivity contribution is -0.122. The Morgan fingerprint density at radius 2 is 1.72 bits per heavy atom. The molecule has 3 aromatic carbocycles. The normalized spacial score (nSPS) is 11.7. The number of fused-ring (bicyclic) bond motifs is 1. The summed E-state index contributed by atoms with van der Waals surface area (Å²) in [5, 5.41) is 11.1. The van der Waals surface area contributed by atoms with Crippen molar-refractivity contribution in [3.8, 4) is 0 Å². The molecule has 160 valence electrons. The van der Waals surface area contributed by atoms with Crippen LogP contribution in [0.2, 0.25) is 0 Å². The number of hydrogen-bond donors (Lipinski definition) is 2. The molecular formula is C25H22N4O3. The summed E-state index contributed by atoms with van der Waals surface area (Å²) in [5.41, 5.74) is 1.71. The average Bonchev–Trinajstić information content (AvgIpc) is 2.82. The third kappa shape index (κ3) is 4.73. The van der Waals surface area contributed by atoms with E-state index >= 15 is 0 Å². The first kappa shape index (κ1) is 21.0. The fourth-order valence-electron chi connectivity index (χ4n) is 3.43. The molecule has 7 nitrogen and oxygen atoms in total. The van der Waals surface area contributed by atoms with E-state index in [0.717, 1.165) is 15.6 Å². The molecule has 0 bridgehead atoms. The standard InChI is InChI=1S/C25H22N4O3/c1-17(19-11-7-12-21(14-19)28-24(31)18-8-3-2-4-9-18)27-23(30)16-29-25(32)22-13-6-5-10-20(22)15-26-29/h2-15,17H,16H2,1H3,(H,27,30)(H,28,31)/t17-/m0/s1. The first-order valence-corrected chi connectivity index (χ1v) is 10.2. The van der Waals surface area contributed by atoms with E-state index in [0.29, 0.717) is 16.6 Å². The van der Waals surface area contributed by atoms with Gasteiger partial charge in [0.1, 0.15) is 6.54 Å². The van der Waals surface area contributed by atoms with E-state index in [9.17, 15) is 14.4 Å². The van der Waals surface area contributed by atoms with Crippen molar-refractivity contribution in [2.75, 3.05) is 5.32 Å². The predicted octanol–water partition coefficient (Wildman–Crippen LogP) is 3.53. The Labute approximate surface area is 184 Å². The quantitative estimate of drug-likeness (QED) is 0.493. The Kier molecular flexibility index (Phi) is 6.07. The van der Waals surface area contributed by atoms with E-state index in [-0.39, 0.29) is 30.0 Å². The van der Waals surface area contributed by atoms with Crippen LogP contribution in [0.3, 0.4) is 0 Å². The van der Waals surface area contributed by atoms with E-state index in [1.165, 1.54) is 0 Å². The maximum atomic E-state index is 12.6. The Bertz CT molecular complexity index is 1330. The fraction of sp³-hybridized carbons (Fsp3) is 0.120. The molecule has 2 N–H and O–H groups in total. The largest absolute Gasteiger partial charge is 0.348 e. The van der Waals surface area contributed by atoms with E-state index in [4.69, 9.17) is 0 Å². The number of aromatic nitrogens is 2. The molecule has 0 unspecified atom stereocenters. The number of nitrogens with zero attached hydrogens (tertiary/aromatic N) is 2. The Balaban J connectivity index is 1.43. The van der Waals surface area contributed by atoms with Crippen molar-refractivity contribution in [2.45, 2.75) is 19.5 Å². The molecule has 2 amide bonds. The summed E-state index contributed by atoms with van der Waals surface area (Å²) in [5.74, 6) is -0.540. The van der Waals surface area contributed by atoms with Crippen LogP contribution in [-0.4, -0.2) is 21.6 Å². The van der Waals surface area contributed by atoms with Crippen LogP contribution in [0.4, 0.5) is 5.69 Å². The first-order chi connectivity index (χ1) is 15.5. The zero-order valence-electron chi connectivity index (χ0n) is 17.5. The van der Waals surface area contributed by atoms with Crippen molar-refractivity contribution in [3.63, 3.8) is 0 Å². The number of amides is 2. The van der Waals surface area contributed by atoms with Crippen molar-refractivity contribution in [1.29, 1.82) is 0 Å². The van der Waals surface area contributed by atoms with Crippen LogP contribution in [0.1, 0.15) is 28.9 Å². The minimum Gasteiger partial charge on any atom is -0.348 e. The molecule has 0 saturated carbocycles. The fourth-order valence-corrected chi connectivity index (χ4v) is 3.43. The Morgan fingerprint density at radius 1 is 0.969 bits per heavy atom. The van der Waals surface area contributed by atoms with Gasteiger partial charge in [-0.1, -0.05) is 48.5 Å². The van der Waals surface area contributed by atoms with Gasteiger partial charge in [0, 0.05) is 16.6 Å². The molecule has 7 heteroatoms. The molecule has 0 fully saturated rings.